The highest BCUT2D eigenvalue weighted by Gasteiger charge is 2.23. The molecule has 0 bridgehead atoms. The van der Waals surface area contributed by atoms with Crippen molar-refractivity contribution in [2.45, 2.75) is 18.9 Å². The highest BCUT2D eigenvalue weighted by atomic mass is 32.1. The van der Waals surface area contributed by atoms with Crippen LogP contribution in [0.1, 0.15) is 12.8 Å². The van der Waals surface area contributed by atoms with E-state index in [1.165, 1.54) is 11.3 Å². The summed E-state index contributed by atoms with van der Waals surface area (Å²) in [6.45, 7) is 1.77. The van der Waals surface area contributed by atoms with Gasteiger partial charge < -0.3 is 15.4 Å². The molecule has 0 radical (unpaired) electrons. The smallest absolute Gasteiger partial charge is 0.229 e. The van der Waals surface area contributed by atoms with Crippen molar-refractivity contribution in [2.24, 2.45) is 5.73 Å². The van der Waals surface area contributed by atoms with Crippen molar-refractivity contribution < 1.29 is 9.63 Å². The molecule has 16 heavy (non-hydrogen) atoms. The molecular formula is C9H12N4O2S. The van der Waals surface area contributed by atoms with Crippen LogP contribution in [0, 0.1) is 0 Å². The van der Waals surface area contributed by atoms with Crippen molar-refractivity contribution in [3.63, 3.8) is 0 Å². The monoisotopic (exact) mass is 240 g/mol. The third-order valence-electron chi connectivity index (χ3n) is 2.10. The van der Waals surface area contributed by atoms with Crippen LogP contribution in [0.15, 0.2) is 15.4 Å². The van der Waals surface area contributed by atoms with Gasteiger partial charge in [-0.25, -0.2) is 4.98 Å². The quantitative estimate of drug-likeness (QED) is 0.805. The third-order valence-corrected chi connectivity index (χ3v) is 2.69. The summed E-state index contributed by atoms with van der Waals surface area (Å²) < 4.78 is 5.01. The first-order valence-electron chi connectivity index (χ1n) is 4.74. The van der Waals surface area contributed by atoms with Gasteiger partial charge in [-0.3, -0.25) is 0 Å². The van der Waals surface area contributed by atoms with Gasteiger partial charge in [0.15, 0.2) is 0 Å². The summed E-state index contributed by atoms with van der Waals surface area (Å²) in [4.78, 5) is 8.20. The van der Waals surface area contributed by atoms with E-state index < -0.39 is 5.60 Å². The molecule has 2 aromatic heterocycles. The van der Waals surface area contributed by atoms with Crippen LogP contribution in [-0.2, 0) is 6.42 Å². The molecule has 2 rings (SSSR count). The molecule has 0 aliphatic rings. The average Bonchev–Trinajstić information content (AvgIpc) is 2.86. The fourth-order valence-electron chi connectivity index (χ4n) is 1.15. The maximum absolute atomic E-state index is 9.75. The normalized spacial score (nSPS) is 14.9. The lowest BCUT2D eigenvalue weighted by Gasteiger charge is -2.17. The minimum absolute atomic E-state index is 0.140. The molecule has 0 saturated heterocycles. The topological polar surface area (TPSA) is 98.1 Å². The molecule has 0 saturated carbocycles. The molecule has 0 aromatic carbocycles. The summed E-state index contributed by atoms with van der Waals surface area (Å²) >= 11 is 1.46. The summed E-state index contributed by atoms with van der Waals surface area (Å²) in [6.07, 6.45) is 0.237. The van der Waals surface area contributed by atoms with Crippen LogP contribution in [0.4, 0.5) is 0 Å². The first-order valence-corrected chi connectivity index (χ1v) is 5.68. The second-order valence-electron chi connectivity index (χ2n) is 3.76. The Bertz CT molecular complexity index is 452. The lowest BCUT2D eigenvalue weighted by atomic mass is 10.0. The van der Waals surface area contributed by atoms with E-state index in [0.717, 1.165) is 0 Å². The van der Waals surface area contributed by atoms with Gasteiger partial charge in [-0.05, 0) is 6.92 Å². The zero-order valence-corrected chi connectivity index (χ0v) is 9.57. The van der Waals surface area contributed by atoms with Crippen LogP contribution in [0.3, 0.4) is 0 Å². The van der Waals surface area contributed by atoms with Crippen LogP contribution in [0.25, 0.3) is 11.5 Å². The summed E-state index contributed by atoms with van der Waals surface area (Å²) in [5, 5.41) is 15.4. The summed E-state index contributed by atoms with van der Waals surface area (Å²) in [7, 11) is 0. The summed E-state index contributed by atoms with van der Waals surface area (Å²) in [5.41, 5.74) is 6.75. The first kappa shape index (κ1) is 11.2. The number of rotatable bonds is 4. The maximum Gasteiger partial charge on any atom is 0.229 e. The van der Waals surface area contributed by atoms with E-state index in [0.29, 0.717) is 17.4 Å². The Kier molecular flexibility index (Phi) is 2.99. The number of hydrogen-bond donors (Lipinski definition) is 2. The zero-order valence-electron chi connectivity index (χ0n) is 8.75. The van der Waals surface area contributed by atoms with Gasteiger partial charge in [0.25, 0.3) is 0 Å². The van der Waals surface area contributed by atoms with Gasteiger partial charge in [0.1, 0.15) is 5.69 Å². The minimum atomic E-state index is -1.02. The lowest BCUT2D eigenvalue weighted by molar-refractivity contribution is 0.0610. The predicted octanol–water partition coefficient (Wildman–Crippen LogP) is 0.445. The number of nitrogens with zero attached hydrogens (tertiary/aromatic N) is 3. The van der Waals surface area contributed by atoms with Crippen molar-refractivity contribution in [1.29, 1.82) is 0 Å². The van der Waals surface area contributed by atoms with Crippen molar-refractivity contribution in [3.8, 4) is 11.5 Å². The van der Waals surface area contributed by atoms with Gasteiger partial charge in [-0.2, -0.15) is 4.98 Å². The standard InChI is InChI=1S/C9H12N4O2S/c1-9(14,4-10)2-7-12-8(13-15-7)6-3-16-5-11-6/h3,5,14H,2,4,10H2,1H3. The van der Waals surface area contributed by atoms with Gasteiger partial charge in [-0.1, -0.05) is 5.16 Å². The molecule has 2 aromatic rings. The Labute approximate surface area is 96.1 Å². The molecule has 2 heterocycles. The molecule has 1 unspecified atom stereocenters. The SMILES string of the molecule is CC(O)(CN)Cc1nc(-c2cscn2)no1. The Balaban J connectivity index is 2.14. The van der Waals surface area contributed by atoms with Gasteiger partial charge in [0.05, 0.1) is 17.5 Å². The van der Waals surface area contributed by atoms with E-state index in [2.05, 4.69) is 15.1 Å². The predicted molar refractivity (Wildman–Crippen MR) is 58.8 cm³/mol. The van der Waals surface area contributed by atoms with Crippen LogP contribution >= 0.6 is 11.3 Å². The molecule has 6 nitrogen and oxygen atoms in total. The number of hydrogen-bond acceptors (Lipinski definition) is 7. The molecule has 86 valence electrons. The Morgan fingerprint density at radius 3 is 3.06 bits per heavy atom. The van der Waals surface area contributed by atoms with Crippen LogP contribution in [0.5, 0.6) is 0 Å². The van der Waals surface area contributed by atoms with Crippen molar-refractivity contribution >= 4 is 11.3 Å². The second kappa shape index (κ2) is 4.28. The number of aromatic nitrogens is 3. The number of thiazole rings is 1. The summed E-state index contributed by atoms with van der Waals surface area (Å²) in [5.74, 6) is 0.794. The molecule has 0 aliphatic heterocycles. The molecule has 3 N–H and O–H groups in total. The fourth-order valence-corrected chi connectivity index (χ4v) is 1.68. The van der Waals surface area contributed by atoms with E-state index in [-0.39, 0.29) is 13.0 Å². The van der Waals surface area contributed by atoms with Crippen molar-refractivity contribution in [3.05, 3.63) is 16.8 Å². The van der Waals surface area contributed by atoms with E-state index in [4.69, 9.17) is 10.3 Å². The second-order valence-corrected chi connectivity index (χ2v) is 4.48. The fraction of sp³-hybridized carbons (Fsp3) is 0.444. The Morgan fingerprint density at radius 2 is 2.44 bits per heavy atom. The van der Waals surface area contributed by atoms with Crippen LogP contribution in [-0.4, -0.2) is 32.4 Å². The number of aliphatic hydroxyl groups is 1. The Morgan fingerprint density at radius 1 is 1.62 bits per heavy atom. The molecule has 0 spiro atoms. The average molecular weight is 240 g/mol. The van der Waals surface area contributed by atoms with E-state index in [1.54, 1.807) is 12.4 Å². The van der Waals surface area contributed by atoms with Gasteiger partial charge >= 0.3 is 0 Å². The molecular weight excluding hydrogens is 228 g/mol. The van der Waals surface area contributed by atoms with Gasteiger partial charge in [0.2, 0.25) is 11.7 Å². The first-order chi connectivity index (χ1) is 7.61. The van der Waals surface area contributed by atoms with Crippen LogP contribution in [0.2, 0.25) is 0 Å². The Hall–Kier alpha value is -1.31. The molecule has 0 fully saturated rings. The van der Waals surface area contributed by atoms with E-state index in [9.17, 15) is 5.11 Å². The zero-order chi connectivity index (χ0) is 11.6. The third kappa shape index (κ3) is 2.43. The van der Waals surface area contributed by atoms with Gasteiger partial charge in [0, 0.05) is 11.9 Å². The molecule has 1 atom stereocenters. The maximum atomic E-state index is 9.75. The highest BCUT2D eigenvalue weighted by Crippen LogP contribution is 2.17. The lowest BCUT2D eigenvalue weighted by Crippen LogP contribution is -2.36. The summed E-state index contributed by atoms with van der Waals surface area (Å²) in [6, 6.07) is 0. The largest absolute Gasteiger partial charge is 0.388 e. The van der Waals surface area contributed by atoms with E-state index in [1.807, 2.05) is 5.38 Å². The van der Waals surface area contributed by atoms with E-state index >= 15 is 0 Å². The van der Waals surface area contributed by atoms with Crippen LogP contribution < -0.4 is 5.73 Å². The van der Waals surface area contributed by atoms with Gasteiger partial charge in [-0.15, -0.1) is 11.3 Å². The van der Waals surface area contributed by atoms with Crippen molar-refractivity contribution in [1.82, 2.24) is 15.1 Å². The number of nitrogens with two attached hydrogens (primary N) is 1. The minimum Gasteiger partial charge on any atom is -0.388 e. The van der Waals surface area contributed by atoms with Crippen molar-refractivity contribution in [2.75, 3.05) is 6.54 Å². The molecule has 0 amide bonds. The molecule has 7 heteroatoms. The highest BCUT2D eigenvalue weighted by molar-refractivity contribution is 7.07. The molecule has 0 aliphatic carbocycles.